The molecule has 0 unspecified atom stereocenters. The van der Waals surface area contributed by atoms with Crippen molar-refractivity contribution in [3.8, 4) is 0 Å². The first-order chi connectivity index (χ1) is 8.15. The summed E-state index contributed by atoms with van der Waals surface area (Å²) in [5.41, 5.74) is 1.58. The summed E-state index contributed by atoms with van der Waals surface area (Å²) in [4.78, 5) is 10.5. The van der Waals surface area contributed by atoms with Crippen molar-refractivity contribution in [1.82, 2.24) is 0 Å². The lowest BCUT2D eigenvalue weighted by molar-refractivity contribution is 0.0697. The first-order valence-electron chi connectivity index (χ1n) is 6.47. The highest BCUT2D eigenvalue weighted by Crippen LogP contribution is 2.07. The number of hydrogen-bond acceptors (Lipinski definition) is 1. The van der Waals surface area contributed by atoms with Gasteiger partial charge < -0.3 is 5.11 Å². The molecule has 2 heteroatoms. The summed E-state index contributed by atoms with van der Waals surface area (Å²) >= 11 is 0. The zero-order chi connectivity index (χ0) is 13.1. The van der Waals surface area contributed by atoms with E-state index in [0.717, 1.165) is 12.8 Å². The highest BCUT2D eigenvalue weighted by Gasteiger charge is 2.00. The van der Waals surface area contributed by atoms with Gasteiger partial charge in [0.15, 0.2) is 0 Å². The van der Waals surface area contributed by atoms with E-state index in [1.54, 1.807) is 12.1 Å². The van der Waals surface area contributed by atoms with Crippen LogP contribution in [0.3, 0.4) is 0 Å². The molecule has 0 heterocycles. The van der Waals surface area contributed by atoms with Gasteiger partial charge in [0.25, 0.3) is 0 Å². The van der Waals surface area contributed by atoms with Crippen LogP contribution in [0.5, 0.6) is 0 Å². The van der Waals surface area contributed by atoms with Crippen molar-refractivity contribution in [2.75, 3.05) is 0 Å². The quantitative estimate of drug-likeness (QED) is 0.815. The van der Waals surface area contributed by atoms with E-state index in [4.69, 9.17) is 5.11 Å². The number of hydrogen-bond donors (Lipinski definition) is 1. The van der Waals surface area contributed by atoms with Crippen molar-refractivity contribution in [2.24, 2.45) is 0 Å². The van der Waals surface area contributed by atoms with Crippen LogP contribution < -0.4 is 0 Å². The Labute approximate surface area is 105 Å². The van der Waals surface area contributed by atoms with Crippen molar-refractivity contribution in [3.63, 3.8) is 0 Å². The number of aromatic carboxylic acids is 1. The second-order valence-corrected chi connectivity index (χ2v) is 4.11. The van der Waals surface area contributed by atoms with Crippen LogP contribution in [0, 0.1) is 0 Å². The zero-order valence-electron chi connectivity index (χ0n) is 11.2. The van der Waals surface area contributed by atoms with Gasteiger partial charge in [0.1, 0.15) is 0 Å². The molecular formula is C15H24O2. The van der Waals surface area contributed by atoms with Crippen LogP contribution in [0.15, 0.2) is 24.3 Å². The van der Waals surface area contributed by atoms with E-state index in [1.165, 1.54) is 24.8 Å². The van der Waals surface area contributed by atoms with Crippen LogP contribution in [0.4, 0.5) is 0 Å². The van der Waals surface area contributed by atoms with Crippen molar-refractivity contribution >= 4 is 5.97 Å². The maximum Gasteiger partial charge on any atom is 0.335 e. The SMILES string of the molecule is CCCC.CCCCc1ccc(C(=O)O)cc1. The summed E-state index contributed by atoms with van der Waals surface area (Å²) in [7, 11) is 0. The fourth-order valence-corrected chi connectivity index (χ4v) is 1.19. The number of unbranched alkanes of at least 4 members (excludes halogenated alkanes) is 2. The average molecular weight is 236 g/mol. The van der Waals surface area contributed by atoms with Crippen LogP contribution in [-0.2, 0) is 6.42 Å². The minimum atomic E-state index is -0.859. The minimum Gasteiger partial charge on any atom is -0.478 e. The van der Waals surface area contributed by atoms with Crippen molar-refractivity contribution in [3.05, 3.63) is 35.4 Å². The molecule has 0 saturated heterocycles. The molecule has 0 aromatic heterocycles. The number of carbonyl (C=O) groups is 1. The fraction of sp³-hybridized carbons (Fsp3) is 0.533. The minimum absolute atomic E-state index is 0.361. The lowest BCUT2D eigenvalue weighted by Gasteiger charge is -1.99. The normalized spacial score (nSPS) is 9.35. The second-order valence-electron chi connectivity index (χ2n) is 4.11. The fourth-order valence-electron chi connectivity index (χ4n) is 1.19. The summed E-state index contributed by atoms with van der Waals surface area (Å²) in [5, 5.41) is 8.65. The summed E-state index contributed by atoms with van der Waals surface area (Å²) in [5.74, 6) is -0.859. The molecule has 1 aromatic carbocycles. The standard InChI is InChI=1S/C11H14O2.C4H10/c1-2-3-4-9-5-7-10(8-6-9)11(12)13;1-3-4-2/h5-8H,2-4H2,1H3,(H,12,13);3-4H2,1-2H3. The molecule has 1 aromatic rings. The van der Waals surface area contributed by atoms with Gasteiger partial charge in [-0.25, -0.2) is 4.79 Å². The topological polar surface area (TPSA) is 37.3 Å². The van der Waals surface area contributed by atoms with E-state index in [-0.39, 0.29) is 0 Å². The lowest BCUT2D eigenvalue weighted by Crippen LogP contribution is -1.95. The molecule has 0 amide bonds. The molecule has 1 N–H and O–H groups in total. The Balaban J connectivity index is 0.000000557. The molecule has 0 spiro atoms. The van der Waals surface area contributed by atoms with Gasteiger partial charge in [0.2, 0.25) is 0 Å². The molecule has 0 atom stereocenters. The monoisotopic (exact) mass is 236 g/mol. The third-order valence-electron chi connectivity index (χ3n) is 2.52. The Hall–Kier alpha value is -1.31. The number of aryl methyl sites for hydroxylation is 1. The largest absolute Gasteiger partial charge is 0.478 e. The van der Waals surface area contributed by atoms with Gasteiger partial charge in [-0.1, -0.05) is 52.2 Å². The molecule has 0 aliphatic rings. The Morgan fingerprint density at radius 1 is 1.00 bits per heavy atom. The van der Waals surface area contributed by atoms with Gasteiger partial charge in [-0.05, 0) is 30.5 Å². The number of rotatable bonds is 5. The van der Waals surface area contributed by atoms with Gasteiger partial charge >= 0.3 is 5.97 Å². The van der Waals surface area contributed by atoms with Crippen molar-refractivity contribution in [1.29, 1.82) is 0 Å². The predicted molar refractivity (Wildman–Crippen MR) is 72.6 cm³/mol. The number of benzene rings is 1. The van der Waals surface area contributed by atoms with Crippen LogP contribution in [0.25, 0.3) is 0 Å². The van der Waals surface area contributed by atoms with Crippen LogP contribution in [0.1, 0.15) is 62.4 Å². The maximum absolute atomic E-state index is 10.5. The van der Waals surface area contributed by atoms with Gasteiger partial charge in [-0.3, -0.25) is 0 Å². The summed E-state index contributed by atoms with van der Waals surface area (Å²) in [6, 6.07) is 7.10. The first kappa shape index (κ1) is 15.7. The van der Waals surface area contributed by atoms with Crippen LogP contribution in [0.2, 0.25) is 0 Å². The van der Waals surface area contributed by atoms with Crippen LogP contribution >= 0.6 is 0 Å². The highest BCUT2D eigenvalue weighted by molar-refractivity contribution is 5.87. The van der Waals surface area contributed by atoms with E-state index in [9.17, 15) is 4.79 Å². The Morgan fingerprint density at radius 3 is 1.88 bits per heavy atom. The van der Waals surface area contributed by atoms with E-state index in [2.05, 4.69) is 20.8 Å². The third-order valence-corrected chi connectivity index (χ3v) is 2.52. The van der Waals surface area contributed by atoms with E-state index in [0.29, 0.717) is 5.56 Å². The number of carboxylic acid groups (broad SMARTS) is 1. The second kappa shape index (κ2) is 9.88. The molecule has 0 saturated carbocycles. The smallest absolute Gasteiger partial charge is 0.335 e. The molecule has 1 rings (SSSR count). The van der Waals surface area contributed by atoms with Crippen molar-refractivity contribution < 1.29 is 9.90 Å². The van der Waals surface area contributed by atoms with E-state index in [1.807, 2.05) is 12.1 Å². The summed E-state index contributed by atoms with van der Waals surface area (Å²) < 4.78 is 0. The Kier molecular flexibility index (Phi) is 9.12. The Morgan fingerprint density at radius 2 is 1.53 bits per heavy atom. The highest BCUT2D eigenvalue weighted by atomic mass is 16.4. The first-order valence-corrected chi connectivity index (χ1v) is 6.47. The van der Waals surface area contributed by atoms with E-state index >= 15 is 0 Å². The molecule has 0 radical (unpaired) electrons. The summed E-state index contributed by atoms with van der Waals surface area (Å²) in [6.45, 7) is 6.51. The average Bonchev–Trinajstić information content (AvgIpc) is 2.37. The molecular weight excluding hydrogens is 212 g/mol. The van der Waals surface area contributed by atoms with Crippen LogP contribution in [-0.4, -0.2) is 11.1 Å². The van der Waals surface area contributed by atoms with Gasteiger partial charge in [-0.2, -0.15) is 0 Å². The van der Waals surface area contributed by atoms with Gasteiger partial charge in [0, 0.05) is 0 Å². The molecule has 0 bridgehead atoms. The lowest BCUT2D eigenvalue weighted by atomic mass is 10.1. The summed E-state index contributed by atoms with van der Waals surface area (Å²) in [6.07, 6.45) is 6.00. The van der Waals surface area contributed by atoms with Crippen molar-refractivity contribution in [2.45, 2.75) is 52.9 Å². The maximum atomic E-state index is 10.5. The molecule has 0 aliphatic carbocycles. The number of carboxylic acids is 1. The van der Waals surface area contributed by atoms with E-state index < -0.39 is 5.97 Å². The Bertz CT molecular complexity index is 299. The molecule has 0 aliphatic heterocycles. The zero-order valence-corrected chi connectivity index (χ0v) is 11.2. The molecule has 96 valence electrons. The van der Waals surface area contributed by atoms with Gasteiger partial charge in [-0.15, -0.1) is 0 Å². The molecule has 2 nitrogen and oxygen atoms in total. The molecule has 0 fully saturated rings. The van der Waals surface area contributed by atoms with Gasteiger partial charge in [0.05, 0.1) is 5.56 Å². The molecule has 17 heavy (non-hydrogen) atoms. The predicted octanol–water partition coefficient (Wildman–Crippen LogP) is 4.53. The third kappa shape index (κ3) is 7.56.